The molecule has 1 aliphatic heterocycles. The molecule has 20 heavy (non-hydrogen) atoms. The van der Waals surface area contributed by atoms with Crippen LogP contribution in [-0.4, -0.2) is 38.1 Å². The predicted octanol–water partition coefficient (Wildman–Crippen LogP) is 2.11. The molecule has 0 aliphatic carbocycles. The van der Waals surface area contributed by atoms with Gasteiger partial charge in [-0.25, -0.2) is 0 Å². The fraction of sp³-hybridized carbons (Fsp3) is 0.625. The Hall–Kier alpha value is -1.10. The molecule has 0 spiro atoms. The molecule has 0 amide bonds. The van der Waals surface area contributed by atoms with Gasteiger partial charge in [0.1, 0.15) is 5.75 Å². The summed E-state index contributed by atoms with van der Waals surface area (Å²) in [5.41, 5.74) is 3.65. The van der Waals surface area contributed by atoms with Crippen molar-refractivity contribution >= 4 is 0 Å². The topological polar surface area (TPSA) is 50.7 Å². The summed E-state index contributed by atoms with van der Waals surface area (Å²) in [5, 5.41) is 13.2. The molecular formula is C16H25NO3. The van der Waals surface area contributed by atoms with Crippen molar-refractivity contribution in [1.29, 1.82) is 0 Å². The number of hydrogen-bond acceptors (Lipinski definition) is 4. The van der Waals surface area contributed by atoms with Gasteiger partial charge in [-0.15, -0.1) is 0 Å². The molecule has 4 nitrogen and oxygen atoms in total. The van der Waals surface area contributed by atoms with E-state index in [9.17, 15) is 5.11 Å². The van der Waals surface area contributed by atoms with E-state index in [2.05, 4.69) is 31.3 Å². The monoisotopic (exact) mass is 279 g/mol. The van der Waals surface area contributed by atoms with Crippen LogP contribution in [0.2, 0.25) is 0 Å². The Balaban J connectivity index is 2.14. The Bertz CT molecular complexity index is 448. The summed E-state index contributed by atoms with van der Waals surface area (Å²) in [4.78, 5) is 0. The first-order valence-corrected chi connectivity index (χ1v) is 7.26. The molecular weight excluding hydrogens is 254 g/mol. The van der Waals surface area contributed by atoms with E-state index < -0.39 is 6.10 Å². The van der Waals surface area contributed by atoms with E-state index in [1.165, 1.54) is 16.7 Å². The number of hydrogen-bond donors (Lipinski definition) is 2. The molecule has 1 aromatic rings. The fourth-order valence-electron chi connectivity index (χ4n) is 2.80. The Kier molecular flexibility index (Phi) is 5.40. The minimum atomic E-state index is -0.474. The lowest BCUT2D eigenvalue weighted by atomic mass is 9.97. The van der Waals surface area contributed by atoms with Gasteiger partial charge in [-0.3, -0.25) is 0 Å². The lowest BCUT2D eigenvalue weighted by Gasteiger charge is -2.21. The molecule has 2 rings (SSSR count). The molecule has 0 saturated carbocycles. The van der Waals surface area contributed by atoms with Crippen LogP contribution in [0.4, 0.5) is 0 Å². The Morgan fingerprint density at radius 1 is 1.45 bits per heavy atom. The fourth-order valence-corrected chi connectivity index (χ4v) is 2.80. The van der Waals surface area contributed by atoms with Crippen LogP contribution < -0.4 is 10.1 Å². The SMILES string of the molecule is COCC(O)CNC1CCCOc2c(C)cc(C)cc21. The Morgan fingerprint density at radius 3 is 3.00 bits per heavy atom. The van der Waals surface area contributed by atoms with Crippen molar-refractivity contribution in [2.45, 2.75) is 38.8 Å². The smallest absolute Gasteiger partial charge is 0.126 e. The van der Waals surface area contributed by atoms with Crippen LogP contribution in [0, 0.1) is 13.8 Å². The maximum Gasteiger partial charge on any atom is 0.126 e. The molecule has 0 bridgehead atoms. The van der Waals surface area contributed by atoms with E-state index in [0.717, 1.165) is 25.2 Å². The number of aliphatic hydroxyl groups is 1. The van der Waals surface area contributed by atoms with E-state index in [4.69, 9.17) is 9.47 Å². The third kappa shape index (κ3) is 3.72. The number of aliphatic hydroxyl groups excluding tert-OH is 1. The summed E-state index contributed by atoms with van der Waals surface area (Å²) in [6, 6.07) is 4.58. The molecule has 2 atom stereocenters. The lowest BCUT2D eigenvalue weighted by Crippen LogP contribution is -2.32. The first-order valence-electron chi connectivity index (χ1n) is 7.26. The van der Waals surface area contributed by atoms with Crippen molar-refractivity contribution < 1.29 is 14.6 Å². The van der Waals surface area contributed by atoms with Crippen LogP contribution in [0.1, 0.15) is 35.6 Å². The highest BCUT2D eigenvalue weighted by atomic mass is 16.5. The quantitative estimate of drug-likeness (QED) is 0.867. The number of fused-ring (bicyclic) bond motifs is 1. The van der Waals surface area contributed by atoms with Crippen LogP contribution in [0.15, 0.2) is 12.1 Å². The van der Waals surface area contributed by atoms with Crippen molar-refractivity contribution in [2.24, 2.45) is 0 Å². The number of nitrogens with one attached hydrogen (secondary N) is 1. The summed E-state index contributed by atoms with van der Waals surface area (Å²) in [6.45, 7) is 5.85. The molecule has 1 aromatic carbocycles. The van der Waals surface area contributed by atoms with E-state index in [-0.39, 0.29) is 6.04 Å². The standard InChI is InChI=1S/C16H25NO3/c1-11-7-12(2)16-14(8-11)15(5-4-6-20-16)17-9-13(18)10-19-3/h7-8,13,15,17-18H,4-6,9-10H2,1-3H3. The minimum Gasteiger partial charge on any atom is -0.493 e. The number of methoxy groups -OCH3 is 1. The molecule has 4 heteroatoms. The van der Waals surface area contributed by atoms with Gasteiger partial charge in [0.15, 0.2) is 0 Å². The molecule has 2 unspecified atom stereocenters. The van der Waals surface area contributed by atoms with Gasteiger partial charge < -0.3 is 19.9 Å². The first-order chi connectivity index (χ1) is 9.61. The number of ether oxygens (including phenoxy) is 2. The van der Waals surface area contributed by atoms with E-state index in [0.29, 0.717) is 13.2 Å². The van der Waals surface area contributed by atoms with Crippen LogP contribution in [-0.2, 0) is 4.74 Å². The van der Waals surface area contributed by atoms with Gasteiger partial charge >= 0.3 is 0 Å². The van der Waals surface area contributed by atoms with Gasteiger partial charge in [0.25, 0.3) is 0 Å². The Morgan fingerprint density at radius 2 is 2.25 bits per heavy atom. The summed E-state index contributed by atoms with van der Waals surface area (Å²) in [7, 11) is 1.60. The zero-order chi connectivity index (χ0) is 14.5. The molecule has 1 aliphatic rings. The van der Waals surface area contributed by atoms with Gasteiger partial charge in [0.05, 0.1) is 19.3 Å². The van der Waals surface area contributed by atoms with E-state index in [1.54, 1.807) is 7.11 Å². The average Bonchev–Trinajstić information content (AvgIpc) is 2.59. The number of rotatable bonds is 5. The van der Waals surface area contributed by atoms with Crippen molar-refractivity contribution in [1.82, 2.24) is 5.32 Å². The van der Waals surface area contributed by atoms with Gasteiger partial charge in [-0.05, 0) is 32.3 Å². The van der Waals surface area contributed by atoms with Crippen molar-refractivity contribution in [3.8, 4) is 5.75 Å². The van der Waals surface area contributed by atoms with Gasteiger partial charge in [-0.2, -0.15) is 0 Å². The highest BCUT2D eigenvalue weighted by Gasteiger charge is 2.22. The van der Waals surface area contributed by atoms with Gasteiger partial charge in [0.2, 0.25) is 0 Å². The maximum atomic E-state index is 9.79. The van der Waals surface area contributed by atoms with Gasteiger partial charge in [-0.1, -0.05) is 17.7 Å². The molecule has 112 valence electrons. The number of benzene rings is 1. The largest absolute Gasteiger partial charge is 0.493 e. The second-order valence-corrected chi connectivity index (χ2v) is 5.56. The van der Waals surface area contributed by atoms with Crippen LogP contribution in [0.5, 0.6) is 5.75 Å². The molecule has 0 fully saturated rings. The van der Waals surface area contributed by atoms with Crippen molar-refractivity contribution in [2.75, 3.05) is 26.9 Å². The first kappa shape index (κ1) is 15.3. The van der Waals surface area contributed by atoms with E-state index >= 15 is 0 Å². The lowest BCUT2D eigenvalue weighted by molar-refractivity contribution is 0.0625. The molecule has 0 radical (unpaired) electrons. The van der Waals surface area contributed by atoms with Crippen molar-refractivity contribution in [3.63, 3.8) is 0 Å². The third-order valence-corrected chi connectivity index (χ3v) is 3.67. The van der Waals surface area contributed by atoms with Crippen LogP contribution in [0.25, 0.3) is 0 Å². The normalized spacial score (nSPS) is 19.9. The maximum absolute atomic E-state index is 9.79. The van der Waals surface area contributed by atoms with E-state index in [1.807, 2.05) is 0 Å². The molecule has 0 saturated heterocycles. The van der Waals surface area contributed by atoms with Gasteiger partial charge in [0, 0.05) is 25.3 Å². The summed E-state index contributed by atoms with van der Waals surface area (Å²) in [5.74, 6) is 1.01. The zero-order valence-electron chi connectivity index (χ0n) is 12.6. The number of aryl methyl sites for hydroxylation is 2. The Labute approximate surface area is 121 Å². The predicted molar refractivity (Wildman–Crippen MR) is 79.3 cm³/mol. The second-order valence-electron chi connectivity index (χ2n) is 5.56. The van der Waals surface area contributed by atoms with Crippen LogP contribution >= 0.6 is 0 Å². The average molecular weight is 279 g/mol. The third-order valence-electron chi connectivity index (χ3n) is 3.67. The summed E-state index contributed by atoms with van der Waals surface area (Å²) in [6.07, 6.45) is 1.57. The van der Waals surface area contributed by atoms with Crippen molar-refractivity contribution in [3.05, 3.63) is 28.8 Å². The zero-order valence-corrected chi connectivity index (χ0v) is 12.6. The molecule has 2 N–H and O–H groups in total. The minimum absolute atomic E-state index is 0.234. The molecule has 0 aromatic heterocycles. The van der Waals surface area contributed by atoms with Crippen LogP contribution in [0.3, 0.4) is 0 Å². The molecule has 1 heterocycles. The second kappa shape index (κ2) is 7.07. The highest BCUT2D eigenvalue weighted by molar-refractivity contribution is 5.46. The summed E-state index contributed by atoms with van der Waals surface area (Å²) < 4.78 is 10.9. The summed E-state index contributed by atoms with van der Waals surface area (Å²) >= 11 is 0. The highest BCUT2D eigenvalue weighted by Crippen LogP contribution is 2.35.